The number of hydrogen-bond donors (Lipinski definition) is 0. The minimum Gasteiger partial charge on any atom is -0.604 e. The zero-order chi connectivity index (χ0) is 20.0. The van der Waals surface area contributed by atoms with E-state index in [1.165, 1.54) is 12.1 Å². The van der Waals surface area contributed by atoms with Gasteiger partial charge in [0, 0.05) is 31.8 Å². The molecule has 144 valence electrons. The van der Waals surface area contributed by atoms with Crippen LogP contribution in [0.15, 0.2) is 34.2 Å². The molecule has 0 spiro atoms. The number of halogens is 3. The summed E-state index contributed by atoms with van der Waals surface area (Å²) in [5.74, 6) is 0.779. The Morgan fingerprint density at radius 2 is 2.04 bits per heavy atom. The van der Waals surface area contributed by atoms with E-state index in [-0.39, 0.29) is 4.90 Å². The summed E-state index contributed by atoms with van der Waals surface area (Å²) in [6.07, 6.45) is 3.52. The summed E-state index contributed by atoms with van der Waals surface area (Å²) in [6, 6.07) is 3.77. The van der Waals surface area contributed by atoms with E-state index in [4.69, 9.17) is 10.00 Å². The van der Waals surface area contributed by atoms with Gasteiger partial charge in [-0.05, 0) is 32.1 Å². The maximum absolute atomic E-state index is 12.9. The number of benzene rings is 1. The zero-order valence-electron chi connectivity index (χ0n) is 14.9. The Labute approximate surface area is 157 Å². The van der Waals surface area contributed by atoms with Gasteiger partial charge in [0.15, 0.2) is 4.90 Å². The lowest BCUT2D eigenvalue weighted by Crippen LogP contribution is -2.36. The topological polar surface area (TPSA) is 74.9 Å². The third-order valence-electron chi connectivity index (χ3n) is 4.19. The van der Waals surface area contributed by atoms with Crippen LogP contribution in [0.25, 0.3) is 5.70 Å². The smallest absolute Gasteiger partial charge is 0.578 e. The maximum Gasteiger partial charge on any atom is 0.578 e. The van der Waals surface area contributed by atoms with E-state index in [1.807, 2.05) is 13.8 Å². The number of guanidine groups is 1. The Kier molecular flexibility index (Phi) is 4.78. The van der Waals surface area contributed by atoms with Gasteiger partial charge in [-0.2, -0.15) is 5.26 Å². The van der Waals surface area contributed by atoms with Crippen molar-refractivity contribution in [2.45, 2.75) is 29.9 Å². The maximum atomic E-state index is 12.9. The second-order valence-electron chi connectivity index (χ2n) is 6.69. The molecule has 2 heterocycles. The number of aliphatic imine (C=N–C) groups is 1. The monoisotopic (exact) mass is 398 g/mol. The highest BCUT2D eigenvalue weighted by Gasteiger charge is 2.46. The molecule has 0 aliphatic carbocycles. The first-order chi connectivity index (χ1) is 12.5. The first-order valence-electron chi connectivity index (χ1n) is 8.04. The summed E-state index contributed by atoms with van der Waals surface area (Å²) in [6.45, 7) is 4.74. The fourth-order valence-electron chi connectivity index (χ4n) is 3.07. The predicted octanol–water partition coefficient (Wildman–Crippen LogP) is 2.91. The summed E-state index contributed by atoms with van der Waals surface area (Å²) in [7, 11) is 1.78. The molecule has 1 saturated heterocycles. The van der Waals surface area contributed by atoms with Crippen molar-refractivity contribution >= 4 is 22.8 Å². The van der Waals surface area contributed by atoms with E-state index >= 15 is 0 Å². The van der Waals surface area contributed by atoms with Gasteiger partial charge in [-0.3, -0.25) is 0 Å². The van der Waals surface area contributed by atoms with Crippen molar-refractivity contribution in [3.8, 4) is 11.9 Å². The second kappa shape index (κ2) is 6.65. The molecular weight excluding hydrogens is 381 g/mol. The largest absolute Gasteiger partial charge is 0.604 e. The van der Waals surface area contributed by atoms with Gasteiger partial charge < -0.3 is 19.1 Å². The van der Waals surface area contributed by atoms with Crippen LogP contribution in [0.1, 0.15) is 19.4 Å². The van der Waals surface area contributed by atoms with Crippen LogP contribution in [0, 0.1) is 11.5 Å². The van der Waals surface area contributed by atoms with Gasteiger partial charge in [0.2, 0.25) is 12.2 Å². The van der Waals surface area contributed by atoms with Crippen LogP contribution in [0.5, 0.6) is 5.75 Å². The van der Waals surface area contributed by atoms with Crippen LogP contribution in [-0.4, -0.2) is 51.6 Å². The first kappa shape index (κ1) is 19.4. The summed E-state index contributed by atoms with van der Waals surface area (Å²) in [5.41, 5.74) is -4.62. The number of nitrogens with zero attached hydrogens (tertiary/aromatic N) is 4. The van der Waals surface area contributed by atoms with Crippen molar-refractivity contribution in [2.24, 2.45) is 4.99 Å². The molecule has 0 N–H and O–H groups in total. The molecule has 0 radical (unpaired) electrons. The molecule has 0 bridgehead atoms. The van der Waals surface area contributed by atoms with E-state index in [1.54, 1.807) is 29.1 Å². The average Bonchev–Trinajstić information content (AvgIpc) is 2.93. The molecule has 1 aromatic rings. The van der Waals surface area contributed by atoms with Crippen LogP contribution in [0.3, 0.4) is 0 Å². The van der Waals surface area contributed by atoms with E-state index < -0.39 is 22.3 Å². The molecule has 1 aromatic carbocycles. The molecule has 2 aliphatic heterocycles. The molecule has 27 heavy (non-hydrogen) atoms. The van der Waals surface area contributed by atoms with Crippen LogP contribution < -0.4 is 4.74 Å². The van der Waals surface area contributed by atoms with E-state index in [0.717, 1.165) is 6.07 Å². The molecule has 1 fully saturated rings. The van der Waals surface area contributed by atoms with Gasteiger partial charge in [0.25, 0.3) is 0 Å². The van der Waals surface area contributed by atoms with Crippen molar-refractivity contribution in [3.05, 3.63) is 29.8 Å². The van der Waals surface area contributed by atoms with Gasteiger partial charge in [-0.1, -0.05) is 0 Å². The van der Waals surface area contributed by atoms with E-state index in [2.05, 4.69) is 4.99 Å². The second-order valence-corrected chi connectivity index (χ2v) is 8.16. The number of rotatable bonds is 2. The molecule has 0 aromatic heterocycles. The molecule has 0 amide bonds. The van der Waals surface area contributed by atoms with Gasteiger partial charge in [-0.25, -0.2) is 0 Å². The predicted molar refractivity (Wildman–Crippen MR) is 94.0 cm³/mol. The van der Waals surface area contributed by atoms with Crippen LogP contribution >= 0.6 is 0 Å². The molecule has 3 rings (SSSR count). The number of alkyl halides is 3. The van der Waals surface area contributed by atoms with Crippen molar-refractivity contribution in [1.82, 2.24) is 9.80 Å². The standard InChI is InChI=1S/C17H17F3N4O2S/c1-16(2)9-13(24-7-6-23(3)15(24)22-10-21)12-8-11(4-5-14(12)26-16)27(25)17(18,19)20/h4-5,8-9H,6-7H2,1-3H3. The zero-order valence-corrected chi connectivity index (χ0v) is 15.7. The molecule has 0 saturated carbocycles. The minimum atomic E-state index is -4.85. The van der Waals surface area contributed by atoms with E-state index in [9.17, 15) is 17.7 Å². The molecule has 6 nitrogen and oxygen atoms in total. The third kappa shape index (κ3) is 3.70. The molecule has 1 unspecified atom stereocenters. The lowest BCUT2D eigenvalue weighted by molar-refractivity contribution is -0.0435. The number of ether oxygens (including phenoxy) is 1. The van der Waals surface area contributed by atoms with Crippen molar-refractivity contribution < 1.29 is 22.5 Å². The van der Waals surface area contributed by atoms with Gasteiger partial charge in [0.05, 0.1) is 16.9 Å². The fraction of sp³-hybridized carbons (Fsp3) is 0.412. The number of fused-ring (bicyclic) bond motifs is 1. The van der Waals surface area contributed by atoms with Gasteiger partial charge >= 0.3 is 5.51 Å². The Hall–Kier alpha value is -2.38. The van der Waals surface area contributed by atoms with Crippen molar-refractivity contribution in [1.29, 1.82) is 5.26 Å². The lowest BCUT2D eigenvalue weighted by atomic mass is 9.98. The van der Waals surface area contributed by atoms with Crippen LogP contribution in [0.4, 0.5) is 13.2 Å². The van der Waals surface area contributed by atoms with Crippen molar-refractivity contribution in [2.75, 3.05) is 20.1 Å². The Morgan fingerprint density at radius 1 is 1.33 bits per heavy atom. The summed E-state index contributed by atoms with van der Waals surface area (Å²) >= 11 is -3.15. The normalized spacial score (nSPS) is 21.4. The summed E-state index contributed by atoms with van der Waals surface area (Å²) < 4.78 is 56.3. The van der Waals surface area contributed by atoms with Crippen LogP contribution in [-0.2, 0) is 11.2 Å². The fourth-order valence-corrected chi connectivity index (χ4v) is 3.75. The number of likely N-dealkylation sites (N-methyl/N-ethyl adjacent to an activating group) is 1. The highest BCUT2D eigenvalue weighted by Crippen LogP contribution is 2.41. The quantitative estimate of drug-likeness (QED) is 0.566. The number of hydrogen-bond acceptors (Lipinski definition) is 4. The first-order valence-corrected chi connectivity index (χ1v) is 9.19. The molecule has 1 atom stereocenters. The third-order valence-corrected chi connectivity index (χ3v) is 5.29. The highest BCUT2D eigenvalue weighted by molar-refractivity contribution is 7.92. The SMILES string of the molecule is CN1CCN(C2=CC(C)(C)Oc3ccc([S+]([O-])C(F)(F)F)cc32)C1=NC#N. The van der Waals surface area contributed by atoms with Crippen LogP contribution in [0.2, 0.25) is 0 Å². The Balaban J connectivity index is 2.11. The van der Waals surface area contributed by atoms with Gasteiger partial charge in [-0.15, -0.1) is 18.2 Å². The summed E-state index contributed by atoms with van der Waals surface area (Å²) in [5, 5.41) is 8.96. The minimum absolute atomic E-state index is 0.359. The highest BCUT2D eigenvalue weighted by atomic mass is 32.2. The van der Waals surface area contributed by atoms with Crippen molar-refractivity contribution in [3.63, 3.8) is 0 Å². The molecule has 10 heteroatoms. The average molecular weight is 398 g/mol. The molecule has 2 aliphatic rings. The Bertz CT molecular complexity index is 861. The van der Waals surface area contributed by atoms with E-state index in [0.29, 0.717) is 36.1 Å². The summed E-state index contributed by atoms with van der Waals surface area (Å²) in [4.78, 5) is 7.01. The molecular formula is C17H17F3N4O2S. The lowest BCUT2D eigenvalue weighted by Gasteiger charge is -2.34. The number of nitriles is 1. The van der Waals surface area contributed by atoms with Gasteiger partial charge in [0.1, 0.15) is 11.4 Å². The Morgan fingerprint density at radius 3 is 2.67 bits per heavy atom.